The number of anilines is 1. The van der Waals surface area contributed by atoms with Gasteiger partial charge in [0.15, 0.2) is 0 Å². The minimum atomic E-state index is -3.42. The van der Waals surface area contributed by atoms with Gasteiger partial charge in [0, 0.05) is 25.3 Å². The van der Waals surface area contributed by atoms with Crippen LogP contribution < -0.4 is 4.90 Å². The zero-order chi connectivity index (χ0) is 15.6. The highest BCUT2D eigenvalue weighted by Gasteiger charge is 2.26. The van der Waals surface area contributed by atoms with Crippen molar-refractivity contribution in [1.82, 2.24) is 4.31 Å². The highest BCUT2D eigenvalue weighted by Crippen LogP contribution is 2.24. The molecular formula is C15H20N2O4S. The molecule has 0 aromatic heterocycles. The summed E-state index contributed by atoms with van der Waals surface area (Å²) >= 11 is 0. The first-order valence-corrected chi connectivity index (χ1v) is 9.01. The zero-order valence-corrected chi connectivity index (χ0v) is 13.2. The highest BCUT2D eigenvalue weighted by molar-refractivity contribution is 7.89. The topological polar surface area (TPSA) is 66.9 Å². The van der Waals surface area contributed by atoms with Gasteiger partial charge in [0.05, 0.1) is 11.5 Å². The maximum Gasteiger partial charge on any atom is 0.253 e. The predicted molar refractivity (Wildman–Crippen MR) is 82.2 cm³/mol. The van der Waals surface area contributed by atoms with Crippen LogP contribution in [0.25, 0.3) is 0 Å². The van der Waals surface area contributed by atoms with Gasteiger partial charge in [0.25, 0.3) is 5.91 Å². The molecule has 2 aliphatic rings. The molecule has 22 heavy (non-hydrogen) atoms. The summed E-state index contributed by atoms with van der Waals surface area (Å²) in [5.74, 6) is -0.0992. The summed E-state index contributed by atoms with van der Waals surface area (Å²) in [4.78, 5) is 13.7. The highest BCUT2D eigenvalue weighted by atomic mass is 32.2. The molecule has 0 aliphatic carbocycles. The first kappa shape index (κ1) is 15.5. The Bertz CT molecular complexity index is 636. The maximum atomic E-state index is 12.6. The van der Waals surface area contributed by atoms with Crippen LogP contribution in [0.3, 0.4) is 0 Å². The summed E-state index contributed by atoms with van der Waals surface area (Å²) in [7, 11) is -3.42. The van der Waals surface area contributed by atoms with E-state index in [1.54, 1.807) is 33.5 Å². The maximum absolute atomic E-state index is 12.6. The van der Waals surface area contributed by atoms with Gasteiger partial charge in [-0.2, -0.15) is 4.31 Å². The van der Waals surface area contributed by atoms with Crippen molar-refractivity contribution in [3.8, 4) is 0 Å². The van der Waals surface area contributed by atoms with Gasteiger partial charge in [-0.15, -0.1) is 0 Å². The lowest BCUT2D eigenvalue weighted by Gasteiger charge is -2.28. The molecular weight excluding hydrogens is 304 g/mol. The molecule has 0 saturated carbocycles. The van der Waals surface area contributed by atoms with Crippen LogP contribution in [0.4, 0.5) is 5.69 Å². The van der Waals surface area contributed by atoms with Crippen molar-refractivity contribution in [2.24, 2.45) is 0 Å². The monoisotopic (exact) mass is 324 g/mol. The predicted octanol–water partition coefficient (Wildman–Crippen LogP) is 1.22. The van der Waals surface area contributed by atoms with Crippen LogP contribution in [-0.4, -0.2) is 51.5 Å². The van der Waals surface area contributed by atoms with Crippen LogP contribution in [0.2, 0.25) is 0 Å². The molecule has 120 valence electrons. The average molecular weight is 324 g/mol. The van der Waals surface area contributed by atoms with E-state index in [0.717, 1.165) is 19.3 Å². The number of hydrogen-bond acceptors (Lipinski definition) is 4. The lowest BCUT2D eigenvalue weighted by molar-refractivity contribution is -0.125. The molecule has 2 heterocycles. The van der Waals surface area contributed by atoms with Gasteiger partial charge in [-0.3, -0.25) is 4.79 Å². The molecule has 1 amide bonds. The number of benzene rings is 1. The molecule has 0 N–H and O–H groups in total. The van der Waals surface area contributed by atoms with E-state index in [4.69, 9.17) is 4.74 Å². The lowest BCUT2D eigenvalue weighted by atomic mass is 10.2. The first-order chi connectivity index (χ1) is 10.6. The van der Waals surface area contributed by atoms with E-state index in [1.807, 2.05) is 0 Å². The Kier molecular flexibility index (Phi) is 4.46. The second-order valence-corrected chi connectivity index (χ2v) is 7.49. The number of rotatable bonds is 3. The number of piperidine rings is 1. The van der Waals surface area contributed by atoms with Crippen LogP contribution in [0.15, 0.2) is 29.2 Å². The number of carbonyl (C=O) groups excluding carboxylic acids is 1. The number of amides is 1. The molecule has 3 rings (SSSR count). The molecule has 2 saturated heterocycles. The number of ether oxygens (including phenoxy) is 1. The Hall–Kier alpha value is -1.44. The summed E-state index contributed by atoms with van der Waals surface area (Å²) in [5.41, 5.74) is 0.714. The van der Waals surface area contributed by atoms with Gasteiger partial charge in [-0.1, -0.05) is 6.42 Å². The number of morpholine rings is 1. The van der Waals surface area contributed by atoms with Crippen molar-refractivity contribution in [1.29, 1.82) is 0 Å². The molecule has 0 radical (unpaired) electrons. The number of nitrogens with zero attached hydrogens (tertiary/aromatic N) is 2. The first-order valence-electron chi connectivity index (χ1n) is 7.57. The fourth-order valence-corrected chi connectivity index (χ4v) is 4.36. The van der Waals surface area contributed by atoms with Gasteiger partial charge in [0.1, 0.15) is 6.61 Å². The molecule has 2 aliphatic heterocycles. The summed E-state index contributed by atoms with van der Waals surface area (Å²) < 4.78 is 31.8. The van der Waals surface area contributed by atoms with E-state index in [9.17, 15) is 13.2 Å². The van der Waals surface area contributed by atoms with Gasteiger partial charge in [-0.05, 0) is 37.1 Å². The molecule has 0 unspecified atom stereocenters. The van der Waals surface area contributed by atoms with Crippen LogP contribution in [0.5, 0.6) is 0 Å². The van der Waals surface area contributed by atoms with E-state index in [1.165, 1.54) is 0 Å². The minimum absolute atomic E-state index is 0.0772. The summed E-state index contributed by atoms with van der Waals surface area (Å²) in [5, 5.41) is 0. The fourth-order valence-electron chi connectivity index (χ4n) is 2.84. The fraction of sp³-hybridized carbons (Fsp3) is 0.533. The Morgan fingerprint density at radius 1 is 0.955 bits per heavy atom. The molecule has 0 atom stereocenters. The Morgan fingerprint density at radius 3 is 2.27 bits per heavy atom. The lowest BCUT2D eigenvalue weighted by Crippen LogP contribution is -2.41. The molecule has 1 aromatic rings. The van der Waals surface area contributed by atoms with Crippen molar-refractivity contribution in [3.05, 3.63) is 24.3 Å². The van der Waals surface area contributed by atoms with Crippen molar-refractivity contribution in [3.63, 3.8) is 0 Å². The summed E-state index contributed by atoms with van der Waals surface area (Å²) in [6, 6.07) is 6.56. The van der Waals surface area contributed by atoms with E-state index >= 15 is 0 Å². The van der Waals surface area contributed by atoms with Crippen molar-refractivity contribution in [2.75, 3.05) is 37.7 Å². The van der Waals surface area contributed by atoms with E-state index in [-0.39, 0.29) is 12.5 Å². The summed E-state index contributed by atoms with van der Waals surface area (Å²) in [6.07, 6.45) is 2.92. The van der Waals surface area contributed by atoms with Gasteiger partial charge in [-0.25, -0.2) is 8.42 Å². The van der Waals surface area contributed by atoms with Gasteiger partial charge >= 0.3 is 0 Å². The Balaban J connectivity index is 1.80. The average Bonchev–Trinajstić information content (AvgIpc) is 2.56. The largest absolute Gasteiger partial charge is 0.370 e. The second-order valence-electron chi connectivity index (χ2n) is 5.56. The smallest absolute Gasteiger partial charge is 0.253 e. The molecule has 6 nitrogen and oxygen atoms in total. The van der Waals surface area contributed by atoms with Crippen LogP contribution in [-0.2, 0) is 19.6 Å². The SMILES string of the molecule is O=C1COCCN1c1ccc(S(=O)(=O)N2CCCCC2)cc1. The molecule has 1 aromatic carbocycles. The number of carbonyl (C=O) groups is 1. The van der Waals surface area contributed by atoms with E-state index in [0.29, 0.717) is 36.8 Å². The third-order valence-corrected chi connectivity index (χ3v) is 6.00. The molecule has 2 fully saturated rings. The number of sulfonamides is 1. The number of hydrogen-bond donors (Lipinski definition) is 0. The Morgan fingerprint density at radius 2 is 1.64 bits per heavy atom. The molecule has 7 heteroatoms. The van der Waals surface area contributed by atoms with Crippen LogP contribution in [0.1, 0.15) is 19.3 Å². The third kappa shape index (κ3) is 3.02. The molecule has 0 bridgehead atoms. The van der Waals surface area contributed by atoms with Crippen molar-refractivity contribution in [2.45, 2.75) is 24.2 Å². The van der Waals surface area contributed by atoms with Gasteiger partial charge in [0.2, 0.25) is 10.0 Å². The standard InChI is InChI=1S/C15H20N2O4S/c18-15-12-21-11-10-17(15)13-4-6-14(7-5-13)22(19,20)16-8-2-1-3-9-16/h4-7H,1-3,8-12H2. The van der Waals surface area contributed by atoms with Gasteiger partial charge < -0.3 is 9.64 Å². The second kappa shape index (κ2) is 6.36. The quantitative estimate of drug-likeness (QED) is 0.838. The minimum Gasteiger partial charge on any atom is -0.370 e. The van der Waals surface area contributed by atoms with E-state index < -0.39 is 10.0 Å². The third-order valence-electron chi connectivity index (χ3n) is 4.09. The zero-order valence-electron chi connectivity index (χ0n) is 12.4. The van der Waals surface area contributed by atoms with Crippen LogP contribution >= 0.6 is 0 Å². The van der Waals surface area contributed by atoms with Crippen molar-refractivity contribution >= 4 is 21.6 Å². The Labute approximate surface area is 130 Å². The van der Waals surface area contributed by atoms with Crippen molar-refractivity contribution < 1.29 is 17.9 Å². The molecule has 0 spiro atoms. The summed E-state index contributed by atoms with van der Waals surface area (Å²) in [6.45, 7) is 2.25. The van der Waals surface area contributed by atoms with Crippen LogP contribution in [0, 0.1) is 0 Å². The normalized spacial score (nSPS) is 21.1. The van der Waals surface area contributed by atoms with E-state index in [2.05, 4.69) is 0 Å².